The van der Waals surface area contributed by atoms with Gasteiger partial charge < -0.3 is 0 Å². The van der Waals surface area contributed by atoms with Gasteiger partial charge in [-0.15, -0.1) is 0 Å². The summed E-state index contributed by atoms with van der Waals surface area (Å²) >= 11 is 22.3. The first-order valence-electron chi connectivity index (χ1n) is 5.80. The Morgan fingerprint density at radius 2 is 1.29 bits per heavy atom. The molecule has 0 spiro atoms. The number of nitro benzene ring substituents is 1. The van der Waals surface area contributed by atoms with Crippen LogP contribution in [0.25, 0.3) is 0 Å². The summed E-state index contributed by atoms with van der Waals surface area (Å²) in [5.74, 6) is 0. The van der Waals surface area contributed by atoms with Gasteiger partial charge >= 0.3 is 0 Å². The van der Waals surface area contributed by atoms with Crippen LogP contribution in [0.3, 0.4) is 0 Å². The summed E-state index contributed by atoms with van der Waals surface area (Å²) in [6, 6.07) is 7.35. The van der Waals surface area contributed by atoms with E-state index < -0.39 is 4.92 Å². The third kappa shape index (κ3) is 5.46. The molecule has 2 aromatic rings. The number of carbonyl (C=O) groups is 2. The van der Waals surface area contributed by atoms with Crippen molar-refractivity contribution in [2.45, 2.75) is 7.43 Å². The minimum atomic E-state index is -0.675. The number of nitrogens with zero attached hydrogens (tertiary/aromatic N) is 1. The van der Waals surface area contributed by atoms with Crippen LogP contribution in [-0.2, 0) is 0 Å². The Bertz CT molecular complexity index is 745. The number of aldehydes is 2. The molecule has 0 radical (unpaired) electrons. The van der Waals surface area contributed by atoms with E-state index in [4.69, 9.17) is 46.4 Å². The van der Waals surface area contributed by atoms with Crippen LogP contribution in [0.2, 0.25) is 20.1 Å². The molecule has 0 atom stereocenters. The van der Waals surface area contributed by atoms with Gasteiger partial charge in [0.25, 0.3) is 5.69 Å². The first-order chi connectivity index (χ1) is 10.8. The van der Waals surface area contributed by atoms with Crippen LogP contribution >= 0.6 is 46.4 Å². The first kappa shape index (κ1) is 22.3. The van der Waals surface area contributed by atoms with Crippen LogP contribution in [0.1, 0.15) is 28.1 Å². The van der Waals surface area contributed by atoms with Crippen LogP contribution in [0, 0.1) is 10.1 Å². The second-order valence-electron chi connectivity index (χ2n) is 3.92. The Morgan fingerprint density at radius 3 is 1.67 bits per heavy atom. The fourth-order valence-corrected chi connectivity index (χ4v) is 2.45. The third-order valence-corrected chi connectivity index (χ3v) is 3.92. The van der Waals surface area contributed by atoms with Crippen LogP contribution in [-0.4, -0.2) is 17.5 Å². The van der Waals surface area contributed by atoms with Gasteiger partial charge in [0.1, 0.15) is 5.02 Å². The number of halogens is 4. The first-order valence-corrected chi connectivity index (χ1v) is 7.31. The van der Waals surface area contributed by atoms with Crippen molar-refractivity contribution in [2.75, 3.05) is 0 Å². The standard InChI is InChI=1S/C7H3Cl2NO3.C7H4Cl2O.CH4/c8-5-1-2-6(10(12)13)7(9)4(5)3-11;8-6-2-1-3-7(9)5(6)4-10;/h1-3H;1-4H;1H4. The molecule has 24 heavy (non-hydrogen) atoms. The molecular formula is C15H11Cl4NO4. The molecule has 0 aliphatic heterocycles. The Balaban J connectivity index is 0.000000436. The Labute approximate surface area is 158 Å². The topological polar surface area (TPSA) is 77.3 Å². The number of nitro groups is 1. The van der Waals surface area contributed by atoms with Gasteiger partial charge in [-0.05, 0) is 18.2 Å². The SMILES string of the molecule is C.O=Cc1c(Cl)ccc([N+](=O)[O-])c1Cl.O=Cc1c(Cl)cccc1Cl. The van der Waals surface area contributed by atoms with E-state index in [2.05, 4.69) is 0 Å². The highest BCUT2D eigenvalue weighted by Crippen LogP contribution is 2.31. The molecule has 0 N–H and O–H groups in total. The largest absolute Gasteiger partial charge is 0.298 e. The highest BCUT2D eigenvalue weighted by molar-refractivity contribution is 6.40. The molecule has 0 fully saturated rings. The fourth-order valence-electron chi connectivity index (χ4n) is 1.43. The summed E-state index contributed by atoms with van der Waals surface area (Å²) in [4.78, 5) is 30.4. The molecule has 2 rings (SSSR count). The van der Waals surface area contributed by atoms with Crippen molar-refractivity contribution in [2.24, 2.45) is 0 Å². The molecular weight excluding hydrogens is 400 g/mol. The predicted molar refractivity (Wildman–Crippen MR) is 97.1 cm³/mol. The van der Waals surface area contributed by atoms with E-state index in [1.807, 2.05) is 0 Å². The number of hydrogen-bond donors (Lipinski definition) is 0. The number of benzene rings is 2. The van der Waals surface area contributed by atoms with E-state index in [0.717, 1.165) is 6.07 Å². The van der Waals surface area contributed by atoms with Crippen molar-refractivity contribution in [1.82, 2.24) is 0 Å². The zero-order chi connectivity index (χ0) is 17.6. The molecule has 0 saturated carbocycles. The molecule has 0 aliphatic rings. The van der Waals surface area contributed by atoms with Gasteiger partial charge in [0.2, 0.25) is 0 Å². The highest BCUT2D eigenvalue weighted by atomic mass is 35.5. The Morgan fingerprint density at radius 1 is 0.833 bits per heavy atom. The lowest BCUT2D eigenvalue weighted by molar-refractivity contribution is -0.384. The quantitative estimate of drug-likeness (QED) is 0.345. The second-order valence-corrected chi connectivity index (χ2v) is 5.52. The summed E-state index contributed by atoms with van der Waals surface area (Å²) in [6.07, 6.45) is 1.03. The van der Waals surface area contributed by atoms with Gasteiger partial charge in [-0.25, -0.2) is 0 Å². The summed E-state index contributed by atoms with van der Waals surface area (Å²) < 4.78 is 0. The summed E-state index contributed by atoms with van der Waals surface area (Å²) in [5, 5.41) is 11.0. The second kappa shape index (κ2) is 10.3. The third-order valence-electron chi connectivity index (χ3n) is 2.54. The van der Waals surface area contributed by atoms with Gasteiger partial charge in [0.15, 0.2) is 12.6 Å². The van der Waals surface area contributed by atoms with E-state index in [-0.39, 0.29) is 28.7 Å². The fraction of sp³-hybridized carbons (Fsp3) is 0.0667. The smallest absolute Gasteiger partial charge is 0.288 e. The molecule has 0 aromatic heterocycles. The zero-order valence-electron chi connectivity index (χ0n) is 11.1. The molecule has 0 unspecified atom stereocenters. The van der Waals surface area contributed by atoms with Gasteiger partial charge in [-0.3, -0.25) is 19.7 Å². The maximum atomic E-state index is 10.4. The zero-order valence-corrected chi connectivity index (χ0v) is 14.2. The molecule has 2 aromatic carbocycles. The molecule has 0 saturated heterocycles. The normalized spacial score (nSPS) is 9.17. The van der Waals surface area contributed by atoms with E-state index in [9.17, 15) is 19.7 Å². The summed E-state index contributed by atoms with van der Waals surface area (Å²) in [6.45, 7) is 0. The van der Waals surface area contributed by atoms with Crippen LogP contribution in [0.15, 0.2) is 30.3 Å². The Kier molecular flexibility index (Phi) is 9.55. The molecule has 0 amide bonds. The lowest BCUT2D eigenvalue weighted by Crippen LogP contribution is -1.93. The maximum absolute atomic E-state index is 10.4. The van der Waals surface area contributed by atoms with Crippen molar-refractivity contribution in [3.05, 3.63) is 71.7 Å². The van der Waals surface area contributed by atoms with Crippen LogP contribution in [0.4, 0.5) is 5.69 Å². The van der Waals surface area contributed by atoms with Gasteiger partial charge in [-0.2, -0.15) is 0 Å². The van der Waals surface area contributed by atoms with E-state index in [1.165, 1.54) is 6.07 Å². The van der Waals surface area contributed by atoms with Crippen molar-refractivity contribution >= 4 is 64.7 Å². The van der Waals surface area contributed by atoms with Crippen molar-refractivity contribution in [1.29, 1.82) is 0 Å². The molecule has 0 bridgehead atoms. The number of hydrogen-bond acceptors (Lipinski definition) is 4. The monoisotopic (exact) mass is 409 g/mol. The van der Waals surface area contributed by atoms with Crippen LogP contribution < -0.4 is 0 Å². The van der Waals surface area contributed by atoms with E-state index in [0.29, 0.717) is 28.2 Å². The van der Waals surface area contributed by atoms with Crippen LogP contribution in [0.5, 0.6) is 0 Å². The van der Waals surface area contributed by atoms with Crippen molar-refractivity contribution < 1.29 is 14.5 Å². The lowest BCUT2D eigenvalue weighted by atomic mass is 10.2. The molecule has 9 heteroatoms. The minimum absolute atomic E-state index is 0. The number of rotatable bonds is 3. The number of carbonyl (C=O) groups excluding carboxylic acids is 2. The maximum Gasteiger partial charge on any atom is 0.288 e. The van der Waals surface area contributed by atoms with Gasteiger partial charge in [0, 0.05) is 6.07 Å². The Hall–Kier alpha value is -1.66. The minimum Gasteiger partial charge on any atom is -0.298 e. The van der Waals surface area contributed by atoms with Crippen molar-refractivity contribution in [3.63, 3.8) is 0 Å². The van der Waals surface area contributed by atoms with Crippen molar-refractivity contribution in [3.8, 4) is 0 Å². The average Bonchev–Trinajstić information content (AvgIpc) is 2.48. The molecule has 128 valence electrons. The molecule has 0 aliphatic carbocycles. The summed E-state index contributed by atoms with van der Waals surface area (Å²) in [7, 11) is 0. The average molecular weight is 411 g/mol. The predicted octanol–water partition coefficient (Wildman–Crippen LogP) is 6.16. The van der Waals surface area contributed by atoms with E-state index >= 15 is 0 Å². The molecule has 0 heterocycles. The summed E-state index contributed by atoms with van der Waals surface area (Å²) in [5.41, 5.74) is -0.0310. The lowest BCUT2D eigenvalue weighted by Gasteiger charge is -1.99. The van der Waals surface area contributed by atoms with E-state index in [1.54, 1.807) is 18.2 Å². The highest BCUT2D eigenvalue weighted by Gasteiger charge is 2.17. The van der Waals surface area contributed by atoms with Gasteiger partial charge in [-0.1, -0.05) is 59.9 Å². The van der Waals surface area contributed by atoms with Gasteiger partial charge in [0.05, 0.1) is 31.1 Å². The molecule has 5 nitrogen and oxygen atoms in total.